The Bertz CT molecular complexity index is 1870. The molecule has 5 rings (SSSR count). The summed E-state index contributed by atoms with van der Waals surface area (Å²) in [6.45, 7) is 6.14. The lowest BCUT2D eigenvalue weighted by atomic mass is 9.96. The molecule has 4 aromatic rings. The van der Waals surface area contributed by atoms with Gasteiger partial charge in [0, 0.05) is 5.56 Å². The van der Waals surface area contributed by atoms with E-state index in [2.05, 4.69) is 4.99 Å². The Morgan fingerprint density at radius 1 is 0.976 bits per heavy atom. The Kier molecular flexibility index (Phi) is 8.31. The van der Waals surface area contributed by atoms with Crippen molar-refractivity contribution in [2.45, 2.75) is 33.4 Å². The second-order valence-corrected chi connectivity index (χ2v) is 10.9. The van der Waals surface area contributed by atoms with Crippen LogP contribution in [-0.2, 0) is 16.1 Å². The van der Waals surface area contributed by atoms with E-state index in [9.17, 15) is 9.59 Å². The molecule has 42 heavy (non-hydrogen) atoms. The molecule has 2 heterocycles. The van der Waals surface area contributed by atoms with Crippen molar-refractivity contribution >= 4 is 23.4 Å². The standard InChI is InChI=1S/C33H32N2O6S/c1-19-8-7-9-26(20(19)2)41-18-24-16-22(10-15-27(24)39-5)17-28-31(36)35-30(23-11-13-25(38-4)14-12-23)29(32(37)40-6)21(3)34-33(35)42-28/h7-17,30H,18H2,1-6H3/b28-17+/t30-/m1/s1. The van der Waals surface area contributed by atoms with Gasteiger partial charge < -0.3 is 18.9 Å². The zero-order valence-corrected chi connectivity index (χ0v) is 25.2. The van der Waals surface area contributed by atoms with E-state index >= 15 is 0 Å². The summed E-state index contributed by atoms with van der Waals surface area (Å²) in [5.41, 5.74) is 5.21. The first-order valence-corrected chi connectivity index (χ1v) is 14.2. The predicted molar refractivity (Wildman–Crippen MR) is 162 cm³/mol. The fourth-order valence-corrected chi connectivity index (χ4v) is 6.03. The number of thiazole rings is 1. The molecular formula is C33H32N2O6S. The summed E-state index contributed by atoms with van der Waals surface area (Å²) in [6.07, 6.45) is 1.83. The van der Waals surface area contributed by atoms with E-state index in [4.69, 9.17) is 18.9 Å². The van der Waals surface area contributed by atoms with Gasteiger partial charge in [-0.2, -0.15) is 0 Å². The highest BCUT2D eigenvalue weighted by Gasteiger charge is 2.33. The van der Waals surface area contributed by atoms with Crippen LogP contribution in [0.3, 0.4) is 0 Å². The molecule has 1 aromatic heterocycles. The lowest BCUT2D eigenvalue weighted by Crippen LogP contribution is -2.39. The molecule has 1 aliphatic rings. The Labute approximate surface area is 247 Å². The normalized spacial score (nSPS) is 14.7. The summed E-state index contributed by atoms with van der Waals surface area (Å²) in [5.74, 6) is 1.64. The number of hydrogen-bond donors (Lipinski definition) is 0. The number of methoxy groups -OCH3 is 3. The van der Waals surface area contributed by atoms with Crippen LogP contribution in [0, 0.1) is 13.8 Å². The predicted octanol–water partition coefficient (Wildman–Crippen LogP) is 4.62. The third-order valence-corrected chi connectivity index (χ3v) is 8.38. The summed E-state index contributed by atoms with van der Waals surface area (Å²) in [4.78, 5) is 31.9. The van der Waals surface area contributed by atoms with Gasteiger partial charge in [-0.05, 0) is 79.4 Å². The molecule has 0 radical (unpaired) electrons. The van der Waals surface area contributed by atoms with Crippen molar-refractivity contribution in [3.8, 4) is 17.2 Å². The summed E-state index contributed by atoms with van der Waals surface area (Å²) in [5, 5.41) is 0. The lowest BCUT2D eigenvalue weighted by molar-refractivity contribution is -0.136. The van der Waals surface area contributed by atoms with Crippen LogP contribution < -0.4 is 29.1 Å². The average Bonchev–Trinajstić information content (AvgIpc) is 3.30. The van der Waals surface area contributed by atoms with Crippen LogP contribution in [0.2, 0.25) is 0 Å². The van der Waals surface area contributed by atoms with Crippen LogP contribution >= 0.6 is 11.3 Å². The molecule has 9 heteroatoms. The van der Waals surface area contributed by atoms with Gasteiger partial charge in [0.2, 0.25) is 0 Å². The monoisotopic (exact) mass is 584 g/mol. The number of carbonyl (C=O) groups excluding carboxylic acids is 1. The number of fused-ring (bicyclic) bond motifs is 1. The minimum Gasteiger partial charge on any atom is -0.497 e. The van der Waals surface area contributed by atoms with Gasteiger partial charge in [-0.1, -0.05) is 41.7 Å². The van der Waals surface area contributed by atoms with Crippen molar-refractivity contribution in [1.29, 1.82) is 0 Å². The van der Waals surface area contributed by atoms with E-state index in [1.165, 1.54) is 18.4 Å². The Balaban J connectivity index is 1.57. The van der Waals surface area contributed by atoms with E-state index in [0.29, 0.717) is 38.7 Å². The first kappa shape index (κ1) is 28.9. The van der Waals surface area contributed by atoms with Gasteiger partial charge in [0.1, 0.15) is 23.9 Å². The Hall–Kier alpha value is -4.63. The van der Waals surface area contributed by atoms with E-state index in [0.717, 1.165) is 33.6 Å². The summed E-state index contributed by atoms with van der Waals surface area (Å²) >= 11 is 1.27. The minimum absolute atomic E-state index is 0.252. The van der Waals surface area contributed by atoms with Gasteiger partial charge in [0.25, 0.3) is 5.56 Å². The molecule has 0 saturated carbocycles. The highest BCUT2D eigenvalue weighted by molar-refractivity contribution is 7.07. The quantitative estimate of drug-likeness (QED) is 0.281. The number of nitrogens with zero attached hydrogens (tertiary/aromatic N) is 2. The van der Waals surface area contributed by atoms with Gasteiger partial charge in [-0.15, -0.1) is 0 Å². The number of aryl methyl sites for hydroxylation is 1. The van der Waals surface area contributed by atoms with Gasteiger partial charge in [0.05, 0.1) is 43.2 Å². The zero-order chi connectivity index (χ0) is 30.0. The van der Waals surface area contributed by atoms with Gasteiger partial charge in [-0.3, -0.25) is 9.36 Å². The largest absolute Gasteiger partial charge is 0.497 e. The van der Waals surface area contributed by atoms with E-state index < -0.39 is 12.0 Å². The minimum atomic E-state index is -0.695. The van der Waals surface area contributed by atoms with Crippen LogP contribution in [0.25, 0.3) is 6.08 Å². The molecule has 0 fully saturated rings. The van der Waals surface area contributed by atoms with Gasteiger partial charge >= 0.3 is 5.97 Å². The molecule has 0 spiro atoms. The summed E-state index contributed by atoms with van der Waals surface area (Å²) < 4.78 is 24.2. The highest BCUT2D eigenvalue weighted by atomic mass is 32.1. The number of rotatable bonds is 8. The molecule has 8 nitrogen and oxygen atoms in total. The molecule has 1 atom stereocenters. The molecule has 0 aliphatic carbocycles. The van der Waals surface area contributed by atoms with Crippen LogP contribution in [0.5, 0.6) is 17.2 Å². The van der Waals surface area contributed by atoms with Gasteiger partial charge in [-0.25, -0.2) is 9.79 Å². The topological polar surface area (TPSA) is 88.4 Å². The average molecular weight is 585 g/mol. The number of ether oxygens (including phenoxy) is 4. The number of hydrogen-bond acceptors (Lipinski definition) is 8. The van der Waals surface area contributed by atoms with Gasteiger partial charge in [0.15, 0.2) is 4.80 Å². The number of esters is 1. The van der Waals surface area contributed by atoms with Crippen molar-refractivity contribution in [3.05, 3.63) is 119 Å². The number of carbonyl (C=O) groups is 1. The van der Waals surface area contributed by atoms with E-state index in [-0.39, 0.29) is 5.56 Å². The Morgan fingerprint density at radius 3 is 2.43 bits per heavy atom. The second kappa shape index (κ2) is 12.1. The number of benzene rings is 3. The fraction of sp³-hybridized carbons (Fsp3) is 0.242. The molecule has 0 unspecified atom stereocenters. The SMILES string of the molecule is COC(=O)C1=C(C)N=c2s/c(=C/c3ccc(OC)c(COc4cccc(C)c4C)c3)c(=O)n2[C@@H]1c1ccc(OC)cc1. The molecule has 1 aliphatic heterocycles. The van der Waals surface area contributed by atoms with Crippen LogP contribution in [0.15, 0.2) is 81.7 Å². The first-order valence-electron chi connectivity index (χ1n) is 13.4. The van der Waals surface area contributed by atoms with E-state index in [1.54, 1.807) is 37.8 Å². The smallest absolute Gasteiger partial charge is 0.338 e. The maximum Gasteiger partial charge on any atom is 0.338 e. The zero-order valence-electron chi connectivity index (χ0n) is 24.4. The second-order valence-electron chi connectivity index (χ2n) is 9.90. The first-order chi connectivity index (χ1) is 20.2. The molecule has 216 valence electrons. The maximum atomic E-state index is 13.9. The highest BCUT2D eigenvalue weighted by Crippen LogP contribution is 2.31. The molecule has 0 bridgehead atoms. The van der Waals surface area contributed by atoms with Crippen LogP contribution in [0.4, 0.5) is 0 Å². The maximum absolute atomic E-state index is 13.9. The van der Waals surface area contributed by atoms with Crippen molar-refractivity contribution in [2.24, 2.45) is 4.99 Å². The van der Waals surface area contributed by atoms with Crippen LogP contribution in [-0.4, -0.2) is 31.9 Å². The van der Waals surface area contributed by atoms with Crippen molar-refractivity contribution < 1.29 is 23.7 Å². The third-order valence-electron chi connectivity index (χ3n) is 7.40. The lowest BCUT2D eigenvalue weighted by Gasteiger charge is -2.24. The molecule has 0 saturated heterocycles. The van der Waals surface area contributed by atoms with Crippen molar-refractivity contribution in [2.75, 3.05) is 21.3 Å². The number of allylic oxidation sites excluding steroid dienone is 1. The summed E-state index contributed by atoms with van der Waals surface area (Å²) in [7, 11) is 4.53. The number of aromatic nitrogens is 1. The molecule has 0 amide bonds. The van der Waals surface area contributed by atoms with Crippen molar-refractivity contribution in [1.82, 2.24) is 4.57 Å². The van der Waals surface area contributed by atoms with E-state index in [1.807, 2.05) is 68.5 Å². The fourth-order valence-electron chi connectivity index (χ4n) is 4.98. The van der Waals surface area contributed by atoms with Crippen molar-refractivity contribution in [3.63, 3.8) is 0 Å². The molecule has 3 aromatic carbocycles. The summed E-state index contributed by atoms with van der Waals surface area (Å²) in [6, 6.07) is 18.3. The molecular weight excluding hydrogens is 552 g/mol. The van der Waals surface area contributed by atoms with Crippen LogP contribution in [0.1, 0.15) is 40.8 Å². The Morgan fingerprint density at radius 2 is 1.74 bits per heavy atom. The molecule has 0 N–H and O–H groups in total. The third kappa shape index (κ3) is 5.47.